The van der Waals surface area contributed by atoms with E-state index in [-0.39, 0.29) is 13.2 Å². The van der Waals surface area contributed by atoms with Crippen molar-refractivity contribution in [2.45, 2.75) is 85.1 Å². The molecule has 0 atom stereocenters. The van der Waals surface area contributed by atoms with Crippen LogP contribution in [0.4, 0.5) is 0 Å². The van der Waals surface area contributed by atoms with Gasteiger partial charge in [0, 0.05) is 0 Å². The number of rotatable bonds is 14. The largest absolute Gasteiger partial charge is 0.756 e. The maximum Gasteiger partial charge on any atom is 0.267 e. The fraction of sp³-hybridized carbons (Fsp3) is 0.842. The lowest BCUT2D eigenvalue weighted by molar-refractivity contribution is -0.671. The third-order valence-corrected chi connectivity index (χ3v) is 5.07. The van der Waals surface area contributed by atoms with Gasteiger partial charge in [0.15, 0.2) is 0 Å². The fourth-order valence-corrected chi connectivity index (χ4v) is 3.30. The predicted octanol–water partition coefficient (Wildman–Crippen LogP) is 4.37. The molecule has 1 aromatic rings. The highest BCUT2D eigenvalue weighted by molar-refractivity contribution is 7.45. The summed E-state index contributed by atoms with van der Waals surface area (Å²) in [5.41, 5.74) is 0. The van der Waals surface area contributed by atoms with Crippen molar-refractivity contribution >= 4 is 7.82 Å². The molecular formula is C19H39N2O4P. The summed E-state index contributed by atoms with van der Waals surface area (Å²) in [6.45, 7) is 6.88. The van der Waals surface area contributed by atoms with E-state index >= 15 is 0 Å². The lowest BCUT2D eigenvalue weighted by Crippen LogP contribution is -2.23. The minimum Gasteiger partial charge on any atom is -0.756 e. The van der Waals surface area contributed by atoms with E-state index in [2.05, 4.69) is 50.9 Å². The van der Waals surface area contributed by atoms with Crippen molar-refractivity contribution in [3.63, 3.8) is 0 Å². The predicted molar refractivity (Wildman–Crippen MR) is 104 cm³/mol. The van der Waals surface area contributed by atoms with Crippen LogP contribution in [0.5, 0.6) is 0 Å². The minimum absolute atomic E-state index is 0.126. The average molecular weight is 391 g/mol. The van der Waals surface area contributed by atoms with Gasteiger partial charge in [-0.25, -0.2) is 9.13 Å². The van der Waals surface area contributed by atoms with E-state index in [1.165, 1.54) is 64.3 Å². The summed E-state index contributed by atoms with van der Waals surface area (Å²) >= 11 is 0. The highest BCUT2D eigenvalue weighted by Crippen LogP contribution is 2.37. The Morgan fingerprint density at radius 3 is 1.85 bits per heavy atom. The summed E-state index contributed by atoms with van der Waals surface area (Å²) in [5.74, 6) is 0. The lowest BCUT2D eigenvalue weighted by Gasteiger charge is -2.20. The van der Waals surface area contributed by atoms with Crippen molar-refractivity contribution in [1.29, 1.82) is 0 Å². The van der Waals surface area contributed by atoms with Crippen LogP contribution in [-0.4, -0.2) is 17.8 Å². The topological polar surface area (TPSA) is 67.4 Å². The van der Waals surface area contributed by atoms with Crippen molar-refractivity contribution in [3.8, 4) is 0 Å². The SMILES string of the molecule is CCCCCCCCCCCn1cc[n+](C)c1.CCOP(=O)([O-])OCC. The molecule has 0 fully saturated rings. The zero-order valence-corrected chi connectivity index (χ0v) is 18.1. The van der Waals surface area contributed by atoms with Gasteiger partial charge >= 0.3 is 0 Å². The molecule has 0 saturated carbocycles. The Labute approximate surface area is 160 Å². The second-order valence-corrected chi connectivity index (χ2v) is 7.84. The molecular weight excluding hydrogens is 351 g/mol. The fourth-order valence-electron chi connectivity index (χ4n) is 2.59. The first-order chi connectivity index (χ1) is 12.4. The van der Waals surface area contributed by atoms with Gasteiger partial charge in [0.1, 0.15) is 12.4 Å². The van der Waals surface area contributed by atoms with Crippen molar-refractivity contribution in [2.24, 2.45) is 7.05 Å². The van der Waals surface area contributed by atoms with Crippen LogP contribution in [0.2, 0.25) is 0 Å². The molecule has 0 saturated heterocycles. The Hall–Kier alpha value is -0.680. The van der Waals surface area contributed by atoms with Crippen LogP contribution in [0.1, 0.15) is 78.6 Å². The van der Waals surface area contributed by atoms with Gasteiger partial charge in [-0.1, -0.05) is 51.9 Å². The molecule has 1 heterocycles. The quantitative estimate of drug-likeness (QED) is 0.269. The van der Waals surface area contributed by atoms with Crippen LogP contribution in [0, 0.1) is 0 Å². The molecule has 0 aliphatic heterocycles. The lowest BCUT2D eigenvalue weighted by atomic mass is 10.1. The van der Waals surface area contributed by atoms with Gasteiger partial charge in [0.25, 0.3) is 7.82 Å². The average Bonchev–Trinajstić information content (AvgIpc) is 2.99. The normalized spacial score (nSPS) is 11.3. The van der Waals surface area contributed by atoms with Crippen LogP contribution in [-0.2, 0) is 27.2 Å². The second-order valence-electron chi connectivity index (χ2n) is 6.43. The standard InChI is InChI=1S/C15H29N2.C4H11O4P/c1-3-4-5-6-7-8-9-10-11-12-17-14-13-16(2)15-17;1-3-7-9(5,6)8-4-2/h13-15H,3-12H2,1-2H3;3-4H2,1-2H3,(H,5,6)/q+1;/p-1. The number of phosphoric ester groups is 1. The number of unbranched alkanes of at least 4 members (excludes halogenated alkanes) is 8. The number of imidazole rings is 1. The molecule has 1 rings (SSSR count). The van der Waals surface area contributed by atoms with Crippen molar-refractivity contribution in [1.82, 2.24) is 4.57 Å². The van der Waals surface area contributed by atoms with Gasteiger partial charge in [-0.05, 0) is 26.7 Å². The van der Waals surface area contributed by atoms with E-state index in [1.807, 2.05) is 0 Å². The van der Waals surface area contributed by atoms with E-state index < -0.39 is 7.82 Å². The Morgan fingerprint density at radius 2 is 1.42 bits per heavy atom. The Balaban J connectivity index is 0.000000590. The summed E-state index contributed by atoms with van der Waals surface area (Å²) in [6.07, 6.45) is 19.1. The smallest absolute Gasteiger partial charge is 0.267 e. The molecule has 0 unspecified atom stereocenters. The zero-order chi connectivity index (χ0) is 19.7. The molecule has 0 N–H and O–H groups in total. The van der Waals surface area contributed by atoms with Crippen molar-refractivity contribution in [3.05, 3.63) is 18.7 Å². The maximum atomic E-state index is 10.4. The van der Waals surface area contributed by atoms with E-state index in [1.54, 1.807) is 13.8 Å². The molecule has 0 bridgehead atoms. The number of aryl methyl sites for hydroxylation is 2. The summed E-state index contributed by atoms with van der Waals surface area (Å²) < 4.78 is 23.3. The van der Waals surface area contributed by atoms with E-state index in [4.69, 9.17) is 0 Å². The molecule has 0 radical (unpaired) electrons. The van der Waals surface area contributed by atoms with E-state index in [0.717, 1.165) is 0 Å². The summed E-state index contributed by atoms with van der Waals surface area (Å²) in [5, 5.41) is 0. The molecule has 0 aliphatic carbocycles. The highest BCUT2D eigenvalue weighted by atomic mass is 31.2. The van der Waals surface area contributed by atoms with Gasteiger partial charge < -0.3 is 13.9 Å². The molecule has 7 heteroatoms. The zero-order valence-electron chi connectivity index (χ0n) is 17.2. The number of hydrogen-bond acceptors (Lipinski definition) is 4. The third kappa shape index (κ3) is 15.6. The molecule has 26 heavy (non-hydrogen) atoms. The molecule has 1 aromatic heterocycles. The second kappa shape index (κ2) is 16.5. The van der Waals surface area contributed by atoms with Crippen molar-refractivity contribution in [2.75, 3.05) is 13.2 Å². The third-order valence-electron chi connectivity index (χ3n) is 3.92. The molecule has 0 amide bonds. The molecule has 154 valence electrons. The van der Waals surface area contributed by atoms with Crippen LogP contribution in [0.15, 0.2) is 18.7 Å². The first-order valence-electron chi connectivity index (χ1n) is 10.1. The summed E-state index contributed by atoms with van der Waals surface area (Å²) in [4.78, 5) is 10.4. The van der Waals surface area contributed by atoms with Gasteiger partial charge in [-0.15, -0.1) is 0 Å². The van der Waals surface area contributed by atoms with Crippen molar-refractivity contribution < 1.29 is 23.1 Å². The number of aromatic nitrogens is 2. The summed E-state index contributed by atoms with van der Waals surface area (Å²) in [6, 6.07) is 0. The van der Waals surface area contributed by atoms with E-state index in [0.29, 0.717) is 0 Å². The number of nitrogens with zero attached hydrogens (tertiary/aromatic N) is 2. The number of phosphoric acid groups is 1. The van der Waals surface area contributed by atoms with Gasteiger partial charge in [-0.2, -0.15) is 0 Å². The van der Waals surface area contributed by atoms with Crippen LogP contribution < -0.4 is 9.46 Å². The summed E-state index contributed by atoms with van der Waals surface area (Å²) in [7, 11) is -1.87. The Morgan fingerprint density at radius 1 is 0.923 bits per heavy atom. The Bertz CT molecular complexity index is 470. The van der Waals surface area contributed by atoms with Crippen LogP contribution in [0.25, 0.3) is 0 Å². The first kappa shape index (κ1) is 25.3. The molecule has 0 spiro atoms. The Kier molecular flexibility index (Phi) is 16.1. The maximum absolute atomic E-state index is 10.4. The van der Waals surface area contributed by atoms with Gasteiger partial charge in [-0.3, -0.25) is 4.57 Å². The molecule has 0 aromatic carbocycles. The number of hydrogen-bond donors (Lipinski definition) is 0. The highest BCUT2D eigenvalue weighted by Gasteiger charge is 2.04. The first-order valence-corrected chi connectivity index (χ1v) is 11.5. The van der Waals surface area contributed by atoms with Crippen LogP contribution >= 0.6 is 7.82 Å². The molecule has 6 nitrogen and oxygen atoms in total. The minimum atomic E-state index is -3.94. The monoisotopic (exact) mass is 390 g/mol. The van der Waals surface area contributed by atoms with Crippen LogP contribution in [0.3, 0.4) is 0 Å². The van der Waals surface area contributed by atoms with Gasteiger partial charge in [0.05, 0.1) is 26.8 Å². The van der Waals surface area contributed by atoms with Gasteiger partial charge in [0.2, 0.25) is 6.33 Å². The molecule has 0 aliphatic rings. The van der Waals surface area contributed by atoms with E-state index in [9.17, 15) is 9.46 Å².